The van der Waals surface area contributed by atoms with Crippen LogP contribution in [-0.2, 0) is 0 Å². The molecule has 1 unspecified atom stereocenters. The summed E-state index contributed by atoms with van der Waals surface area (Å²) in [5, 5.41) is 9.92. The van der Waals surface area contributed by atoms with E-state index in [2.05, 4.69) is 16.6 Å². The zero-order valence-corrected chi connectivity index (χ0v) is 11.0. The number of hydrogen-bond acceptors (Lipinski definition) is 3. The molecule has 0 aliphatic carbocycles. The van der Waals surface area contributed by atoms with Gasteiger partial charge in [0.2, 0.25) is 0 Å². The number of rotatable bonds is 3. The van der Waals surface area contributed by atoms with Crippen LogP contribution in [0.3, 0.4) is 0 Å². The molecule has 0 saturated heterocycles. The van der Waals surface area contributed by atoms with Crippen LogP contribution >= 0.6 is 0 Å². The fourth-order valence-electron chi connectivity index (χ4n) is 1.63. The highest BCUT2D eigenvalue weighted by molar-refractivity contribution is 5.45. The number of ether oxygens (including phenoxy) is 1. The van der Waals surface area contributed by atoms with Gasteiger partial charge in [0.1, 0.15) is 11.9 Å². The molecule has 0 fully saturated rings. The topological polar surface area (TPSA) is 55.5 Å². The molecule has 2 aromatic rings. The van der Waals surface area contributed by atoms with E-state index in [1.807, 2.05) is 0 Å². The van der Waals surface area contributed by atoms with Gasteiger partial charge in [-0.25, -0.2) is 0 Å². The molecule has 2 aromatic carbocycles. The molecule has 0 aliphatic rings. The van der Waals surface area contributed by atoms with Crippen molar-refractivity contribution in [2.75, 3.05) is 5.73 Å². The molecule has 3 N–H and O–H groups in total. The molecule has 0 aromatic heterocycles. The van der Waals surface area contributed by atoms with E-state index < -0.39 is 12.7 Å². The van der Waals surface area contributed by atoms with Gasteiger partial charge in [-0.2, -0.15) is 8.78 Å². The summed E-state index contributed by atoms with van der Waals surface area (Å²) in [6.45, 7) is -2.87. The predicted octanol–water partition coefficient (Wildman–Crippen LogP) is 2.96. The fourth-order valence-corrected chi connectivity index (χ4v) is 1.63. The number of nitrogens with two attached hydrogens (primary N) is 1. The molecule has 21 heavy (non-hydrogen) atoms. The maximum absolute atomic E-state index is 12.0. The van der Waals surface area contributed by atoms with Crippen molar-refractivity contribution in [3.8, 4) is 17.6 Å². The van der Waals surface area contributed by atoms with Crippen LogP contribution in [0.1, 0.15) is 17.2 Å². The third-order valence-corrected chi connectivity index (χ3v) is 2.68. The van der Waals surface area contributed by atoms with Crippen LogP contribution in [0.4, 0.5) is 14.5 Å². The normalized spacial score (nSPS) is 11.6. The molecule has 0 spiro atoms. The van der Waals surface area contributed by atoms with Gasteiger partial charge in [0.25, 0.3) is 0 Å². The van der Waals surface area contributed by atoms with Crippen molar-refractivity contribution in [2.45, 2.75) is 12.7 Å². The molecule has 5 heteroatoms. The van der Waals surface area contributed by atoms with Crippen LogP contribution in [-0.4, -0.2) is 11.7 Å². The van der Waals surface area contributed by atoms with E-state index in [9.17, 15) is 13.9 Å². The van der Waals surface area contributed by atoms with E-state index in [1.54, 1.807) is 24.3 Å². The van der Waals surface area contributed by atoms with Crippen molar-refractivity contribution in [1.82, 2.24) is 0 Å². The summed E-state index contributed by atoms with van der Waals surface area (Å²) >= 11 is 0. The van der Waals surface area contributed by atoms with E-state index in [0.717, 1.165) is 5.56 Å². The van der Waals surface area contributed by atoms with Gasteiger partial charge in [-0.1, -0.05) is 24.0 Å². The number of benzene rings is 2. The number of aliphatic hydroxyl groups excluding tert-OH is 1. The molecule has 1 atom stereocenters. The second-order valence-corrected chi connectivity index (χ2v) is 4.24. The molecule has 0 radical (unpaired) electrons. The minimum atomic E-state index is -2.87. The van der Waals surface area contributed by atoms with Gasteiger partial charge in [0, 0.05) is 11.3 Å². The zero-order chi connectivity index (χ0) is 15.2. The predicted molar refractivity (Wildman–Crippen MR) is 75.8 cm³/mol. The highest BCUT2D eigenvalue weighted by atomic mass is 19.3. The van der Waals surface area contributed by atoms with E-state index in [0.29, 0.717) is 11.3 Å². The Labute approximate surface area is 121 Å². The van der Waals surface area contributed by atoms with Crippen LogP contribution in [0.25, 0.3) is 0 Å². The summed E-state index contributed by atoms with van der Waals surface area (Å²) in [4.78, 5) is 0. The van der Waals surface area contributed by atoms with Crippen molar-refractivity contribution in [2.24, 2.45) is 0 Å². The molecular formula is C16H13F2NO2. The first-order valence-electron chi connectivity index (χ1n) is 6.14. The molecule has 0 bridgehead atoms. The number of hydrogen-bond donors (Lipinski definition) is 2. The molecule has 0 saturated carbocycles. The lowest BCUT2D eigenvalue weighted by Crippen LogP contribution is -2.02. The van der Waals surface area contributed by atoms with E-state index in [4.69, 9.17) is 5.73 Å². The monoisotopic (exact) mass is 289 g/mol. The molecule has 108 valence electrons. The minimum Gasteiger partial charge on any atom is -0.435 e. The second kappa shape index (κ2) is 6.73. The van der Waals surface area contributed by atoms with E-state index in [-0.39, 0.29) is 5.75 Å². The van der Waals surface area contributed by atoms with Gasteiger partial charge < -0.3 is 15.6 Å². The van der Waals surface area contributed by atoms with Gasteiger partial charge in [-0.15, -0.1) is 0 Å². The largest absolute Gasteiger partial charge is 0.435 e. The Kier molecular flexibility index (Phi) is 4.75. The molecule has 0 aliphatic heterocycles. The summed E-state index contributed by atoms with van der Waals surface area (Å²) in [6.07, 6.45) is -1.01. The lowest BCUT2D eigenvalue weighted by atomic mass is 10.1. The van der Waals surface area contributed by atoms with Crippen molar-refractivity contribution in [3.63, 3.8) is 0 Å². The SMILES string of the molecule is Nc1ccc(C#CC(O)c2ccc(OC(F)F)cc2)cc1. The quantitative estimate of drug-likeness (QED) is 0.674. The Morgan fingerprint density at radius 1 is 1.00 bits per heavy atom. The molecule has 0 amide bonds. The lowest BCUT2D eigenvalue weighted by Gasteiger charge is -2.07. The Balaban J connectivity index is 2.06. The standard InChI is InChI=1S/C16H13F2NO2/c17-16(18)21-14-8-4-12(5-9-14)15(20)10-3-11-1-6-13(19)7-2-11/h1-2,4-9,15-16,20H,19H2. The first kappa shape index (κ1) is 14.8. The highest BCUT2D eigenvalue weighted by Gasteiger charge is 2.06. The van der Waals surface area contributed by atoms with Gasteiger partial charge in [0.15, 0.2) is 0 Å². The first-order chi connectivity index (χ1) is 10.0. The summed E-state index contributed by atoms with van der Waals surface area (Å²) in [7, 11) is 0. The second-order valence-electron chi connectivity index (χ2n) is 4.24. The summed E-state index contributed by atoms with van der Waals surface area (Å²) < 4.78 is 28.3. The Bertz CT molecular complexity index is 643. The minimum absolute atomic E-state index is 0.0347. The third-order valence-electron chi connectivity index (χ3n) is 2.68. The number of alkyl halides is 2. The maximum atomic E-state index is 12.0. The van der Waals surface area contributed by atoms with Crippen LogP contribution in [0.5, 0.6) is 5.75 Å². The van der Waals surface area contributed by atoms with Gasteiger partial charge in [-0.3, -0.25) is 0 Å². The lowest BCUT2D eigenvalue weighted by molar-refractivity contribution is -0.0498. The Morgan fingerprint density at radius 2 is 1.62 bits per heavy atom. The number of aliphatic hydroxyl groups is 1. The molecule has 3 nitrogen and oxygen atoms in total. The number of anilines is 1. The summed E-state index contributed by atoms with van der Waals surface area (Å²) in [5.41, 5.74) is 7.42. The van der Waals surface area contributed by atoms with Gasteiger partial charge in [-0.05, 0) is 42.0 Å². The average molecular weight is 289 g/mol. The van der Waals surface area contributed by atoms with Crippen LogP contribution in [0, 0.1) is 11.8 Å². The van der Waals surface area contributed by atoms with Crippen molar-refractivity contribution < 1.29 is 18.6 Å². The highest BCUT2D eigenvalue weighted by Crippen LogP contribution is 2.19. The maximum Gasteiger partial charge on any atom is 0.387 e. The van der Waals surface area contributed by atoms with E-state index in [1.165, 1.54) is 24.3 Å². The molecule has 0 heterocycles. The number of halogens is 2. The smallest absolute Gasteiger partial charge is 0.387 e. The van der Waals surface area contributed by atoms with Crippen LogP contribution < -0.4 is 10.5 Å². The Hall–Kier alpha value is -2.58. The van der Waals surface area contributed by atoms with E-state index >= 15 is 0 Å². The first-order valence-corrected chi connectivity index (χ1v) is 6.14. The van der Waals surface area contributed by atoms with Crippen molar-refractivity contribution in [3.05, 3.63) is 59.7 Å². The Morgan fingerprint density at radius 3 is 2.19 bits per heavy atom. The third kappa shape index (κ3) is 4.48. The van der Waals surface area contributed by atoms with Gasteiger partial charge in [0.05, 0.1) is 0 Å². The van der Waals surface area contributed by atoms with Crippen LogP contribution in [0.15, 0.2) is 48.5 Å². The number of nitrogen functional groups attached to an aromatic ring is 1. The fraction of sp³-hybridized carbons (Fsp3) is 0.125. The zero-order valence-electron chi connectivity index (χ0n) is 11.0. The molecular weight excluding hydrogens is 276 g/mol. The average Bonchev–Trinajstić information content (AvgIpc) is 2.46. The summed E-state index contributed by atoms with van der Waals surface area (Å²) in [5.74, 6) is 5.52. The van der Waals surface area contributed by atoms with Gasteiger partial charge >= 0.3 is 6.61 Å². The van der Waals surface area contributed by atoms with Crippen LogP contribution in [0.2, 0.25) is 0 Å². The van der Waals surface area contributed by atoms with Crippen molar-refractivity contribution >= 4 is 5.69 Å². The molecule has 2 rings (SSSR count). The summed E-state index contributed by atoms with van der Waals surface area (Å²) in [6, 6.07) is 12.6. The van der Waals surface area contributed by atoms with Crippen molar-refractivity contribution in [1.29, 1.82) is 0 Å².